The number of hydrogen-bond donors (Lipinski definition) is 1. The molecule has 47 heavy (non-hydrogen) atoms. The molecule has 0 atom stereocenters. The van der Waals surface area contributed by atoms with E-state index in [4.69, 9.17) is 5.11 Å². The van der Waals surface area contributed by atoms with Gasteiger partial charge in [-0.25, -0.2) is 0 Å². The number of halogens is 36. The Morgan fingerprint density at radius 1 is 0.426 bits per heavy atom. The van der Waals surface area contributed by atoms with E-state index in [0.29, 0.717) is 0 Å². The van der Waals surface area contributed by atoms with Crippen LogP contribution >= 0.6 is 488 Å². The van der Waals surface area contributed by atoms with Gasteiger partial charge in [-0.1, -0.05) is 12.8 Å². The molecule has 0 aromatic rings. The van der Waals surface area contributed by atoms with Crippen molar-refractivity contribution in [2.24, 2.45) is 0 Å². The van der Waals surface area contributed by atoms with Crippen molar-refractivity contribution < 1.29 is 9.90 Å². The number of rotatable bonds is 18. The maximum atomic E-state index is 10.9. The molecule has 1 saturated carbocycles. The van der Waals surface area contributed by atoms with Crippen molar-refractivity contribution in [3.8, 4) is 0 Å². The molecular weight excluding hydrogens is 4710 g/mol. The van der Waals surface area contributed by atoms with E-state index < -0.39 is 146 Å². The first-order chi connectivity index (χ1) is 21.4. The van der Waals surface area contributed by atoms with Crippen molar-refractivity contribution in [3.63, 3.8) is 0 Å². The van der Waals surface area contributed by atoms with Gasteiger partial charge in [0.05, 0.1) is 0 Å². The Morgan fingerprint density at radius 2 is 0.596 bits per heavy atom. The molecular formula is C8H15I36NO2. The number of likely N-dealkylation sites (N-methyl/N-ethyl adjacent to an activating group) is 1. The Labute approximate surface area is 525 Å². The van der Waals surface area contributed by atoms with Crippen LogP contribution in [-0.4, -0.2) is 35.6 Å². The molecule has 0 unspecified atom stereocenters. The van der Waals surface area contributed by atoms with E-state index in [-0.39, 0.29) is 0 Å². The van der Waals surface area contributed by atoms with Crippen LogP contribution < -0.4 is 0 Å². The van der Waals surface area contributed by atoms with Crippen molar-refractivity contribution >= 4 is 494 Å². The predicted molar refractivity (Wildman–Crippen MR) is 547 cm³/mol. The molecule has 1 rings (SSSR count). The zero-order chi connectivity index (χ0) is 37.3. The van der Waals surface area contributed by atoms with Gasteiger partial charge in [-0.2, -0.15) is 0 Å². The maximum absolute atomic E-state index is 10.9. The van der Waals surface area contributed by atoms with E-state index in [1.807, 2.05) is 19.0 Å². The van der Waals surface area contributed by atoms with E-state index in [0.717, 1.165) is 25.7 Å². The molecule has 0 heterocycles. The number of nitrogens with zero attached hydrogens (tertiary/aromatic N) is 1. The Hall–Kier alpha value is 25.7. The van der Waals surface area contributed by atoms with E-state index >= 15 is 0 Å². The Balaban J connectivity index is 0.00000160. The summed E-state index contributed by atoms with van der Waals surface area (Å²) in [6.07, 6.45) is 3.69. The molecule has 0 bridgehead atoms. The summed E-state index contributed by atoms with van der Waals surface area (Å²) in [6, 6.07) is 0. The molecule has 0 amide bonds. The molecule has 0 aromatic carbocycles. The van der Waals surface area contributed by atoms with Crippen molar-refractivity contribution in [2.45, 2.75) is 31.2 Å². The zero-order valence-electron chi connectivity index (χ0n) is 20.7. The molecule has 0 saturated heterocycles. The van der Waals surface area contributed by atoms with Gasteiger partial charge in [-0.3, -0.25) is 9.69 Å². The number of aliphatic carboxylic acids is 1. The molecule has 0 spiro atoms. The predicted octanol–water partition coefficient (Wildman–Crippen LogP) is 32.8. The monoisotopic (exact) mass is 4730 g/mol. The zero-order valence-corrected chi connectivity index (χ0v) is 98.4. The summed E-state index contributed by atoms with van der Waals surface area (Å²) in [5.41, 5.74) is -0.556. The van der Waals surface area contributed by atoms with Crippen LogP contribution in [0.2, 0.25) is 0 Å². The summed E-state index contributed by atoms with van der Waals surface area (Å²) < 4.78 is 0. The summed E-state index contributed by atoms with van der Waals surface area (Å²) >= 11 is 60.6. The van der Waals surface area contributed by atoms with Crippen LogP contribution in [0.15, 0.2) is 0 Å². The first-order valence-electron chi connectivity index (χ1n) is 9.00. The first kappa shape index (κ1) is 72.7. The van der Waals surface area contributed by atoms with E-state index in [2.05, 4.69) is 354 Å². The summed E-state index contributed by atoms with van der Waals surface area (Å²) in [5, 5.41) is 8.99. The van der Waals surface area contributed by atoms with Crippen LogP contribution in [0, 0.1) is 0 Å². The standard InChI is InChI=1S/C8H15NO2.I36/c1-9(2)8(7(10)11)5-3-4-6-8;1-20(2)22(5)24(7)26(9)28(11)30(13)32(15)34(17)36(19)35(18)33(16)31(14)29(12)27(10)25(8)23(6)21(3)4/h3-6H2,1-2H3,(H,10,11);. The number of carboxylic acids is 1. The Morgan fingerprint density at radius 3 is 0.702 bits per heavy atom. The second-order valence-corrected chi connectivity index (χ2v) is 835. The Bertz CT molecular complexity index is 839. The van der Waals surface area contributed by atoms with Gasteiger partial charge < -0.3 is 5.11 Å². The SMILES string of the molecule is CN(C)C1(C(=O)O)CCCC1.II(I)I(I)I(I)I(I)I(I)I(I)I(I)I(I)I(I)I(I)I(I)I(I)I(I)I(I)I(I)I(I)I(I)I. The molecule has 0 aliphatic heterocycles. The van der Waals surface area contributed by atoms with E-state index in [1.54, 1.807) is 0 Å². The van der Waals surface area contributed by atoms with E-state index in [9.17, 15) is 4.79 Å². The number of hydrogen-bond acceptors (Lipinski definition) is 2. The average Bonchev–Trinajstić information content (AvgIpc) is 3.55. The summed E-state index contributed by atoms with van der Waals surface area (Å²) in [7, 11) is -4.64. The van der Waals surface area contributed by atoms with Crippen molar-refractivity contribution in [1.29, 1.82) is 0 Å². The second kappa shape index (κ2) is 41.7. The van der Waals surface area contributed by atoms with Gasteiger partial charge in [0.2, 0.25) is 0 Å². The summed E-state index contributed by atoms with van der Waals surface area (Å²) in [5.74, 6) is -0.667. The average molecular weight is 4730 g/mol. The minimum atomic E-state index is -0.667. The van der Waals surface area contributed by atoms with Crippen molar-refractivity contribution in [1.82, 2.24) is 4.90 Å². The third-order valence-corrected chi connectivity index (χ3v) is 2650. The molecule has 3 nitrogen and oxygen atoms in total. The van der Waals surface area contributed by atoms with Crippen LogP contribution in [0.1, 0.15) is 25.7 Å². The van der Waals surface area contributed by atoms with Gasteiger partial charge in [0.1, 0.15) is 5.54 Å². The fraction of sp³-hybridized carbons (Fsp3) is 0.875. The quantitative estimate of drug-likeness (QED) is 0.139. The second-order valence-electron chi connectivity index (χ2n) is 6.19. The van der Waals surface area contributed by atoms with Gasteiger partial charge >= 0.3 is 494 Å². The molecule has 1 aliphatic carbocycles. The molecule has 0 radical (unpaired) electrons. The van der Waals surface area contributed by atoms with Crippen LogP contribution in [0.4, 0.5) is 0 Å². The molecule has 1 fully saturated rings. The third-order valence-electron chi connectivity index (χ3n) is 3.99. The van der Waals surface area contributed by atoms with Crippen LogP contribution in [-0.2, 0) is 4.79 Å². The molecule has 1 N–H and O–H groups in total. The van der Waals surface area contributed by atoms with Gasteiger partial charge in [0, 0.05) is 0 Å². The number of carbonyl (C=O) groups is 1. The Kier molecular flexibility index (Phi) is 64.5. The number of carboxylic acid groups (broad SMARTS) is 1. The van der Waals surface area contributed by atoms with Gasteiger partial charge in [-0.15, -0.1) is 0 Å². The van der Waals surface area contributed by atoms with Crippen molar-refractivity contribution in [2.75, 3.05) is 14.1 Å². The van der Waals surface area contributed by atoms with Crippen LogP contribution in [0.25, 0.3) is 0 Å². The van der Waals surface area contributed by atoms with Gasteiger partial charge in [0.25, 0.3) is 0 Å². The van der Waals surface area contributed by atoms with Crippen molar-refractivity contribution in [3.05, 3.63) is 0 Å². The minimum absolute atomic E-state index is 0.443. The van der Waals surface area contributed by atoms with Gasteiger partial charge in [-0.05, 0) is 26.9 Å². The molecule has 316 valence electrons. The summed E-state index contributed by atoms with van der Waals surface area (Å²) in [6.45, 7) is 0. The van der Waals surface area contributed by atoms with Crippen LogP contribution in [0.5, 0.6) is 0 Å². The summed E-state index contributed by atoms with van der Waals surface area (Å²) in [4.78, 5) is 12.8. The molecule has 39 heteroatoms. The fourth-order valence-electron chi connectivity index (χ4n) is 2.28. The fourth-order valence-corrected chi connectivity index (χ4v) is 6290. The first-order valence-corrected chi connectivity index (χ1v) is 229. The van der Waals surface area contributed by atoms with Gasteiger partial charge in [0.15, 0.2) is 0 Å². The van der Waals surface area contributed by atoms with Crippen LogP contribution in [0.3, 0.4) is 0 Å². The normalized spacial score (nSPS) is 19.5. The molecule has 1 aliphatic rings. The van der Waals surface area contributed by atoms with E-state index in [1.165, 1.54) is 0 Å². The third kappa shape index (κ3) is 28.4. The molecule has 0 aromatic heterocycles. The topological polar surface area (TPSA) is 40.5 Å².